The molecule has 1 unspecified atom stereocenters. The SMILES string of the molecule is Cc1cc([N+](=O)[O-])ccc1OCCC(C)CCS(=O)(=O)Cl. The first-order valence-electron chi connectivity index (χ1n) is 6.49. The van der Waals surface area contributed by atoms with Crippen molar-refractivity contribution in [1.29, 1.82) is 0 Å². The highest BCUT2D eigenvalue weighted by Gasteiger charge is 2.11. The molecule has 0 aliphatic heterocycles. The molecule has 0 aliphatic carbocycles. The molecule has 1 aromatic carbocycles. The maximum absolute atomic E-state index is 10.8. The van der Waals surface area contributed by atoms with Crippen LogP contribution in [0.3, 0.4) is 0 Å². The number of aryl methyl sites for hydroxylation is 1. The van der Waals surface area contributed by atoms with Crippen molar-refractivity contribution >= 4 is 25.4 Å². The van der Waals surface area contributed by atoms with E-state index in [4.69, 9.17) is 15.4 Å². The molecule has 0 amide bonds. The van der Waals surface area contributed by atoms with Crippen LogP contribution < -0.4 is 4.74 Å². The Kier molecular flexibility index (Phi) is 6.42. The number of ether oxygens (including phenoxy) is 1. The summed E-state index contributed by atoms with van der Waals surface area (Å²) in [5, 5.41) is 10.6. The largest absolute Gasteiger partial charge is 0.493 e. The number of non-ortho nitro benzene ring substituents is 1. The summed E-state index contributed by atoms with van der Waals surface area (Å²) >= 11 is 0. The predicted molar refractivity (Wildman–Crippen MR) is 81.4 cm³/mol. The lowest BCUT2D eigenvalue weighted by atomic mass is 10.1. The fraction of sp³-hybridized carbons (Fsp3) is 0.538. The number of rotatable bonds is 8. The fourth-order valence-corrected chi connectivity index (χ4v) is 2.72. The average molecular weight is 336 g/mol. The second-order valence-corrected chi connectivity index (χ2v) is 7.88. The molecule has 118 valence electrons. The first kappa shape index (κ1) is 17.7. The van der Waals surface area contributed by atoms with Gasteiger partial charge in [-0.05, 0) is 37.3 Å². The minimum Gasteiger partial charge on any atom is -0.493 e. The van der Waals surface area contributed by atoms with Gasteiger partial charge in [-0.25, -0.2) is 8.42 Å². The Morgan fingerprint density at radius 3 is 2.57 bits per heavy atom. The second kappa shape index (κ2) is 7.61. The van der Waals surface area contributed by atoms with E-state index in [1.807, 2.05) is 6.92 Å². The zero-order valence-corrected chi connectivity index (χ0v) is 13.5. The van der Waals surface area contributed by atoms with Crippen LogP contribution in [0.4, 0.5) is 5.69 Å². The van der Waals surface area contributed by atoms with E-state index in [-0.39, 0.29) is 17.4 Å². The smallest absolute Gasteiger partial charge is 0.269 e. The van der Waals surface area contributed by atoms with E-state index < -0.39 is 14.0 Å². The fourth-order valence-electron chi connectivity index (χ4n) is 1.77. The van der Waals surface area contributed by atoms with E-state index in [2.05, 4.69) is 0 Å². The molecule has 0 bridgehead atoms. The highest BCUT2D eigenvalue weighted by Crippen LogP contribution is 2.23. The Labute approximate surface area is 128 Å². The molecule has 0 radical (unpaired) electrons. The van der Waals surface area contributed by atoms with Crippen molar-refractivity contribution in [1.82, 2.24) is 0 Å². The van der Waals surface area contributed by atoms with Crippen LogP contribution in [0.1, 0.15) is 25.3 Å². The highest BCUT2D eigenvalue weighted by molar-refractivity contribution is 8.13. The van der Waals surface area contributed by atoms with Crippen LogP contribution in [-0.4, -0.2) is 25.7 Å². The number of nitro benzene ring substituents is 1. The topological polar surface area (TPSA) is 86.5 Å². The molecule has 8 heteroatoms. The van der Waals surface area contributed by atoms with Crippen LogP contribution >= 0.6 is 10.7 Å². The van der Waals surface area contributed by atoms with Crippen molar-refractivity contribution in [2.45, 2.75) is 26.7 Å². The van der Waals surface area contributed by atoms with Gasteiger partial charge in [-0.3, -0.25) is 10.1 Å². The van der Waals surface area contributed by atoms with Gasteiger partial charge >= 0.3 is 0 Å². The van der Waals surface area contributed by atoms with Gasteiger partial charge in [-0.2, -0.15) is 0 Å². The van der Waals surface area contributed by atoms with Crippen LogP contribution in [0.5, 0.6) is 5.75 Å². The Bertz CT molecular complexity index is 603. The molecule has 0 fully saturated rings. The normalized spacial score (nSPS) is 12.9. The molecular formula is C13H18ClNO5S. The molecule has 0 aliphatic rings. The lowest BCUT2D eigenvalue weighted by Gasteiger charge is -2.12. The van der Waals surface area contributed by atoms with Crippen molar-refractivity contribution in [2.24, 2.45) is 5.92 Å². The van der Waals surface area contributed by atoms with Gasteiger partial charge in [0.05, 0.1) is 17.3 Å². The maximum Gasteiger partial charge on any atom is 0.269 e. The number of hydrogen-bond acceptors (Lipinski definition) is 5. The molecular weight excluding hydrogens is 318 g/mol. The van der Waals surface area contributed by atoms with Gasteiger partial charge in [0, 0.05) is 22.8 Å². The molecule has 1 rings (SSSR count). The summed E-state index contributed by atoms with van der Waals surface area (Å²) in [5.41, 5.74) is 0.723. The van der Waals surface area contributed by atoms with Gasteiger partial charge in [-0.1, -0.05) is 6.92 Å². The van der Waals surface area contributed by atoms with Gasteiger partial charge in [0.15, 0.2) is 0 Å². The van der Waals surface area contributed by atoms with E-state index in [0.717, 1.165) is 0 Å². The Morgan fingerprint density at radius 2 is 2.05 bits per heavy atom. The highest BCUT2D eigenvalue weighted by atomic mass is 35.7. The van der Waals surface area contributed by atoms with Crippen molar-refractivity contribution in [3.8, 4) is 5.75 Å². The van der Waals surface area contributed by atoms with E-state index >= 15 is 0 Å². The number of halogens is 1. The molecule has 0 N–H and O–H groups in total. The summed E-state index contributed by atoms with van der Waals surface area (Å²) in [6.45, 7) is 4.09. The number of nitro groups is 1. The third kappa shape index (κ3) is 6.77. The summed E-state index contributed by atoms with van der Waals surface area (Å²) in [5.74, 6) is 0.710. The minimum atomic E-state index is -3.45. The van der Waals surface area contributed by atoms with Gasteiger partial charge in [0.25, 0.3) is 5.69 Å². The maximum atomic E-state index is 10.8. The van der Waals surface area contributed by atoms with Crippen LogP contribution in [-0.2, 0) is 9.05 Å². The Hall–Kier alpha value is -1.34. The molecule has 21 heavy (non-hydrogen) atoms. The van der Waals surface area contributed by atoms with Crippen LogP contribution in [0.2, 0.25) is 0 Å². The molecule has 0 saturated heterocycles. The molecule has 6 nitrogen and oxygen atoms in total. The quantitative estimate of drug-likeness (QED) is 0.413. The number of hydrogen-bond donors (Lipinski definition) is 0. The molecule has 1 aromatic rings. The van der Waals surface area contributed by atoms with Crippen molar-refractivity contribution in [3.05, 3.63) is 33.9 Å². The van der Waals surface area contributed by atoms with E-state index in [1.54, 1.807) is 13.0 Å². The Morgan fingerprint density at radius 1 is 1.38 bits per heavy atom. The van der Waals surface area contributed by atoms with Crippen LogP contribution in [0.25, 0.3) is 0 Å². The molecule has 0 aromatic heterocycles. The van der Waals surface area contributed by atoms with Crippen molar-refractivity contribution in [3.63, 3.8) is 0 Å². The number of nitrogens with zero attached hydrogens (tertiary/aromatic N) is 1. The average Bonchev–Trinajstić information content (AvgIpc) is 2.37. The van der Waals surface area contributed by atoms with Gasteiger partial charge in [0.2, 0.25) is 9.05 Å². The van der Waals surface area contributed by atoms with Crippen LogP contribution in [0, 0.1) is 23.0 Å². The zero-order valence-electron chi connectivity index (χ0n) is 11.9. The predicted octanol–water partition coefficient (Wildman–Crippen LogP) is 3.27. The van der Waals surface area contributed by atoms with E-state index in [0.29, 0.717) is 30.8 Å². The van der Waals surface area contributed by atoms with Gasteiger partial charge in [-0.15, -0.1) is 0 Å². The van der Waals surface area contributed by atoms with Crippen molar-refractivity contribution < 1.29 is 18.1 Å². The Balaban J connectivity index is 2.44. The first-order valence-corrected chi connectivity index (χ1v) is 8.97. The summed E-state index contributed by atoms with van der Waals surface area (Å²) in [7, 11) is 1.71. The standard InChI is InChI=1S/C13H18ClNO5S/c1-10(6-8-21(14,18)19)5-7-20-13-4-3-12(15(16)17)9-11(13)2/h3-4,9-10H,5-8H2,1-2H3. The van der Waals surface area contributed by atoms with Gasteiger partial charge in [0.1, 0.15) is 5.75 Å². The third-order valence-corrected chi connectivity index (χ3v) is 4.28. The lowest BCUT2D eigenvalue weighted by Crippen LogP contribution is -2.09. The number of benzene rings is 1. The first-order chi connectivity index (χ1) is 9.69. The van der Waals surface area contributed by atoms with Gasteiger partial charge < -0.3 is 4.74 Å². The van der Waals surface area contributed by atoms with E-state index in [1.165, 1.54) is 12.1 Å². The van der Waals surface area contributed by atoms with Crippen molar-refractivity contribution in [2.75, 3.05) is 12.4 Å². The minimum absolute atomic E-state index is 0.0283. The second-order valence-electron chi connectivity index (χ2n) is 4.98. The van der Waals surface area contributed by atoms with E-state index in [9.17, 15) is 18.5 Å². The lowest BCUT2D eigenvalue weighted by molar-refractivity contribution is -0.384. The van der Waals surface area contributed by atoms with Crippen LogP contribution in [0.15, 0.2) is 18.2 Å². The summed E-state index contributed by atoms with van der Waals surface area (Å²) < 4.78 is 27.3. The zero-order chi connectivity index (χ0) is 16.0. The summed E-state index contributed by atoms with van der Waals surface area (Å²) in [4.78, 5) is 10.2. The monoisotopic (exact) mass is 335 g/mol. The molecule has 0 heterocycles. The summed E-state index contributed by atoms with van der Waals surface area (Å²) in [6.07, 6.45) is 1.16. The molecule has 1 atom stereocenters. The molecule has 0 saturated carbocycles. The molecule has 0 spiro atoms. The third-order valence-electron chi connectivity index (χ3n) is 3.09. The summed E-state index contributed by atoms with van der Waals surface area (Å²) in [6, 6.07) is 4.42.